The van der Waals surface area contributed by atoms with Gasteiger partial charge in [0.05, 0.1) is 0 Å². The molecule has 0 aliphatic heterocycles. The lowest BCUT2D eigenvalue weighted by Crippen LogP contribution is -2.42. The summed E-state index contributed by atoms with van der Waals surface area (Å²) in [7, 11) is -1.85. The monoisotopic (exact) mass is 272 g/mol. The quantitative estimate of drug-likeness (QED) is 0.586. The first-order valence-electron chi connectivity index (χ1n) is 5.99. The van der Waals surface area contributed by atoms with E-state index in [4.69, 9.17) is 20.5 Å². The van der Waals surface area contributed by atoms with Crippen LogP contribution in [0.4, 0.5) is 0 Å². The molecule has 0 saturated carbocycles. The van der Waals surface area contributed by atoms with Crippen molar-refractivity contribution in [3.05, 3.63) is 29.8 Å². The standard InChI is InChI=1S/C13H21ClO2Si/c1-10(2)15-17(16-11(3)4)13-8-6-5-7-12(13)9-14/h5-8,10-11,17H,9H2,1-4H3. The van der Waals surface area contributed by atoms with Crippen LogP contribution in [0.3, 0.4) is 0 Å². The van der Waals surface area contributed by atoms with E-state index in [0.717, 1.165) is 10.8 Å². The summed E-state index contributed by atoms with van der Waals surface area (Å²) in [5.41, 5.74) is 1.12. The Morgan fingerprint density at radius 1 is 1.06 bits per heavy atom. The van der Waals surface area contributed by atoms with Gasteiger partial charge in [-0.2, -0.15) is 0 Å². The van der Waals surface area contributed by atoms with E-state index in [9.17, 15) is 0 Å². The molecule has 1 aromatic carbocycles. The zero-order chi connectivity index (χ0) is 12.8. The van der Waals surface area contributed by atoms with Gasteiger partial charge in [0.25, 0.3) is 0 Å². The minimum atomic E-state index is -1.85. The van der Waals surface area contributed by atoms with Crippen LogP contribution in [0.5, 0.6) is 0 Å². The highest BCUT2D eigenvalue weighted by molar-refractivity contribution is 6.62. The van der Waals surface area contributed by atoms with E-state index < -0.39 is 9.28 Å². The fourth-order valence-electron chi connectivity index (χ4n) is 1.56. The minimum Gasteiger partial charge on any atom is -0.391 e. The van der Waals surface area contributed by atoms with Crippen LogP contribution in [-0.2, 0) is 14.7 Å². The maximum Gasteiger partial charge on any atom is 0.356 e. The molecule has 0 N–H and O–H groups in total. The Hall–Kier alpha value is -0.353. The topological polar surface area (TPSA) is 18.5 Å². The van der Waals surface area contributed by atoms with E-state index in [0.29, 0.717) is 5.88 Å². The van der Waals surface area contributed by atoms with Gasteiger partial charge in [0.15, 0.2) is 0 Å². The van der Waals surface area contributed by atoms with Crippen LogP contribution in [0.25, 0.3) is 0 Å². The Bertz CT molecular complexity index is 332. The van der Waals surface area contributed by atoms with Crippen LogP contribution in [0.1, 0.15) is 33.3 Å². The molecule has 0 heterocycles. The number of hydrogen-bond acceptors (Lipinski definition) is 2. The van der Waals surface area contributed by atoms with Crippen molar-refractivity contribution < 1.29 is 8.85 Å². The van der Waals surface area contributed by atoms with Gasteiger partial charge in [-0.1, -0.05) is 24.3 Å². The summed E-state index contributed by atoms with van der Waals surface area (Å²) in [6.45, 7) is 8.14. The molecule has 96 valence electrons. The third kappa shape index (κ3) is 4.80. The van der Waals surface area contributed by atoms with Crippen molar-refractivity contribution in [3.8, 4) is 0 Å². The highest BCUT2D eigenvalue weighted by Gasteiger charge is 2.22. The highest BCUT2D eigenvalue weighted by Crippen LogP contribution is 2.07. The molecule has 17 heavy (non-hydrogen) atoms. The van der Waals surface area contributed by atoms with Gasteiger partial charge in [0.2, 0.25) is 0 Å². The highest BCUT2D eigenvalue weighted by atomic mass is 35.5. The molecule has 0 aromatic heterocycles. The molecule has 0 bridgehead atoms. The van der Waals surface area contributed by atoms with Gasteiger partial charge in [0, 0.05) is 18.1 Å². The fourth-order valence-corrected chi connectivity index (χ4v) is 4.05. The third-order valence-corrected chi connectivity index (χ3v) is 5.19. The molecule has 0 unspecified atom stereocenters. The summed E-state index contributed by atoms with van der Waals surface area (Å²) in [6, 6.07) is 8.12. The molecule has 0 saturated heterocycles. The molecule has 1 rings (SSSR count). The molecule has 0 aliphatic carbocycles. The molecule has 0 radical (unpaired) electrons. The summed E-state index contributed by atoms with van der Waals surface area (Å²) >= 11 is 5.96. The van der Waals surface area contributed by atoms with E-state index in [1.54, 1.807) is 0 Å². The first-order valence-corrected chi connectivity index (χ1v) is 8.04. The summed E-state index contributed by atoms with van der Waals surface area (Å²) in [5.74, 6) is 0.503. The van der Waals surface area contributed by atoms with Crippen molar-refractivity contribution in [1.29, 1.82) is 0 Å². The van der Waals surface area contributed by atoms with Crippen LogP contribution < -0.4 is 5.19 Å². The van der Waals surface area contributed by atoms with Gasteiger partial charge in [-0.3, -0.25) is 0 Å². The summed E-state index contributed by atoms with van der Waals surface area (Å²) < 4.78 is 11.9. The van der Waals surface area contributed by atoms with Gasteiger partial charge in [-0.05, 0) is 38.4 Å². The molecule has 2 nitrogen and oxygen atoms in total. The molecule has 1 aromatic rings. The van der Waals surface area contributed by atoms with Crippen molar-refractivity contribution in [2.45, 2.75) is 45.8 Å². The van der Waals surface area contributed by atoms with Crippen LogP contribution in [0, 0.1) is 0 Å². The average Bonchev–Trinajstić information content (AvgIpc) is 2.27. The second-order valence-corrected chi connectivity index (χ2v) is 6.63. The number of benzene rings is 1. The van der Waals surface area contributed by atoms with E-state index in [2.05, 4.69) is 6.07 Å². The molecular formula is C13H21ClO2Si. The van der Waals surface area contributed by atoms with Crippen molar-refractivity contribution in [2.24, 2.45) is 0 Å². The van der Waals surface area contributed by atoms with Crippen molar-refractivity contribution in [1.82, 2.24) is 0 Å². The van der Waals surface area contributed by atoms with Crippen LogP contribution in [0.2, 0.25) is 0 Å². The Balaban J connectivity index is 2.94. The maximum absolute atomic E-state index is 5.96. The van der Waals surface area contributed by atoms with E-state index >= 15 is 0 Å². The summed E-state index contributed by atoms with van der Waals surface area (Å²) in [5, 5.41) is 1.16. The van der Waals surface area contributed by atoms with Crippen molar-refractivity contribution >= 4 is 26.1 Å². The van der Waals surface area contributed by atoms with Gasteiger partial charge < -0.3 is 8.85 Å². The van der Waals surface area contributed by atoms with E-state index in [1.165, 1.54) is 0 Å². The average molecular weight is 273 g/mol. The van der Waals surface area contributed by atoms with Gasteiger partial charge in [-0.25, -0.2) is 0 Å². The number of halogens is 1. The summed E-state index contributed by atoms with van der Waals surface area (Å²) in [4.78, 5) is 0. The molecule has 0 amide bonds. The molecule has 0 aliphatic rings. The van der Waals surface area contributed by atoms with Gasteiger partial charge >= 0.3 is 9.28 Å². The third-order valence-electron chi connectivity index (χ3n) is 2.24. The molecule has 0 fully saturated rings. The van der Waals surface area contributed by atoms with E-state index in [1.807, 2.05) is 45.9 Å². The lowest BCUT2D eigenvalue weighted by Gasteiger charge is -2.23. The lowest BCUT2D eigenvalue weighted by atomic mass is 10.2. The Kier molecular flexibility index (Phi) is 6.20. The minimum absolute atomic E-state index is 0.175. The van der Waals surface area contributed by atoms with Crippen molar-refractivity contribution in [3.63, 3.8) is 0 Å². The second kappa shape index (κ2) is 7.16. The Morgan fingerprint density at radius 2 is 1.59 bits per heavy atom. The van der Waals surface area contributed by atoms with Gasteiger partial charge in [-0.15, -0.1) is 11.6 Å². The summed E-state index contributed by atoms with van der Waals surface area (Å²) in [6.07, 6.45) is 0.350. The normalized spacial score (nSPS) is 11.8. The maximum atomic E-state index is 5.96. The van der Waals surface area contributed by atoms with Crippen molar-refractivity contribution in [2.75, 3.05) is 0 Å². The Labute approximate surface area is 111 Å². The molecule has 0 atom stereocenters. The molecule has 0 spiro atoms. The predicted molar refractivity (Wildman–Crippen MR) is 75.2 cm³/mol. The number of hydrogen-bond donors (Lipinski definition) is 0. The second-order valence-electron chi connectivity index (χ2n) is 4.53. The first-order chi connectivity index (χ1) is 8.04. The van der Waals surface area contributed by atoms with Crippen LogP contribution >= 0.6 is 11.6 Å². The number of rotatable bonds is 6. The molecule has 4 heteroatoms. The SMILES string of the molecule is CC(C)O[SiH](OC(C)C)c1ccccc1CCl. The number of alkyl halides is 1. The van der Waals surface area contributed by atoms with Crippen LogP contribution in [-0.4, -0.2) is 21.5 Å². The first kappa shape index (κ1) is 14.7. The predicted octanol–water partition coefficient (Wildman–Crippen LogP) is 2.70. The lowest BCUT2D eigenvalue weighted by molar-refractivity contribution is 0.139. The van der Waals surface area contributed by atoms with Crippen LogP contribution in [0.15, 0.2) is 24.3 Å². The molecular weight excluding hydrogens is 252 g/mol. The zero-order valence-electron chi connectivity index (χ0n) is 10.9. The largest absolute Gasteiger partial charge is 0.391 e. The van der Waals surface area contributed by atoms with E-state index in [-0.39, 0.29) is 12.2 Å². The Morgan fingerprint density at radius 3 is 2.06 bits per heavy atom. The smallest absolute Gasteiger partial charge is 0.356 e. The van der Waals surface area contributed by atoms with Gasteiger partial charge in [0.1, 0.15) is 0 Å². The zero-order valence-corrected chi connectivity index (χ0v) is 12.9. The fraction of sp³-hybridized carbons (Fsp3) is 0.538.